The van der Waals surface area contributed by atoms with Crippen LogP contribution in [0.4, 0.5) is 0 Å². The van der Waals surface area contributed by atoms with Gasteiger partial charge in [-0.15, -0.1) is 0 Å². The average Bonchev–Trinajstić information content (AvgIpc) is 2.54. The molecule has 0 aliphatic carbocycles. The molecule has 23 heavy (non-hydrogen) atoms. The molecule has 1 unspecified atom stereocenters. The summed E-state index contributed by atoms with van der Waals surface area (Å²) in [5.41, 5.74) is 4.40. The van der Waals surface area contributed by atoms with Crippen LogP contribution in [0, 0.1) is 0 Å². The number of hydrogen-bond acceptors (Lipinski definition) is 5. The molecule has 1 heterocycles. The van der Waals surface area contributed by atoms with Crippen LogP contribution in [-0.4, -0.2) is 42.0 Å². The van der Waals surface area contributed by atoms with Crippen molar-refractivity contribution in [1.29, 1.82) is 0 Å². The van der Waals surface area contributed by atoms with Gasteiger partial charge in [-0.2, -0.15) is 5.10 Å². The Morgan fingerprint density at radius 2 is 2.04 bits per heavy atom. The number of nitrogens with zero attached hydrogens (tertiary/aromatic N) is 1. The minimum absolute atomic E-state index is 0.0352. The number of carbonyl (C=O) groups is 1. The van der Waals surface area contributed by atoms with Gasteiger partial charge in [-0.3, -0.25) is 4.79 Å². The fourth-order valence-electron chi connectivity index (χ4n) is 2.25. The number of benzene rings is 1. The molecule has 126 valence electrons. The normalized spacial score (nSPS) is 17.2. The molecule has 0 spiro atoms. The van der Waals surface area contributed by atoms with Gasteiger partial charge in [0.05, 0.1) is 18.4 Å². The molecule has 1 aliphatic rings. The molecule has 0 saturated carbocycles. The molecule has 1 amide bonds. The van der Waals surface area contributed by atoms with Gasteiger partial charge in [0.25, 0.3) is 0 Å². The quantitative estimate of drug-likeness (QED) is 0.677. The summed E-state index contributed by atoms with van der Waals surface area (Å²) < 4.78 is 5.73. The topological polar surface area (TPSA) is 83.0 Å². The first-order chi connectivity index (χ1) is 11.0. The van der Waals surface area contributed by atoms with Crippen molar-refractivity contribution >= 4 is 11.6 Å². The second-order valence-corrected chi connectivity index (χ2v) is 5.91. The summed E-state index contributed by atoms with van der Waals surface area (Å²) in [6.07, 6.45) is 1.68. The zero-order valence-electron chi connectivity index (χ0n) is 13.7. The fourth-order valence-corrected chi connectivity index (χ4v) is 2.25. The average molecular weight is 319 g/mol. The van der Waals surface area contributed by atoms with Gasteiger partial charge in [-0.05, 0) is 50.1 Å². The van der Waals surface area contributed by atoms with Gasteiger partial charge in [0.15, 0.2) is 0 Å². The maximum atomic E-state index is 11.1. The SMILES string of the molecule is CC(CCOc1ccc(C2=NNC(=O)CC2)cc1)NC[C@H](C)O. The molecule has 0 aromatic heterocycles. The monoisotopic (exact) mass is 319 g/mol. The molecule has 0 fully saturated rings. The van der Waals surface area contributed by atoms with Gasteiger partial charge >= 0.3 is 0 Å². The first-order valence-electron chi connectivity index (χ1n) is 8.04. The molecular formula is C17H25N3O3. The second kappa shape index (κ2) is 8.64. The van der Waals surface area contributed by atoms with Crippen LogP contribution in [0.15, 0.2) is 29.4 Å². The van der Waals surface area contributed by atoms with E-state index in [0.29, 0.717) is 32.0 Å². The first-order valence-corrected chi connectivity index (χ1v) is 8.04. The standard InChI is InChI=1S/C17H25N3O3/c1-12(18-11-13(2)21)9-10-23-15-5-3-14(4-6-15)16-7-8-17(22)20-19-16/h3-6,12-13,18,21H,7-11H2,1-2H3,(H,20,22)/t12?,13-/m0/s1. The lowest BCUT2D eigenvalue weighted by Gasteiger charge is -2.16. The van der Waals surface area contributed by atoms with E-state index in [0.717, 1.165) is 23.4 Å². The predicted molar refractivity (Wildman–Crippen MR) is 89.6 cm³/mol. The van der Waals surface area contributed by atoms with Crippen molar-refractivity contribution in [2.24, 2.45) is 5.10 Å². The molecule has 6 nitrogen and oxygen atoms in total. The number of hydrogen-bond donors (Lipinski definition) is 3. The van der Waals surface area contributed by atoms with E-state index in [1.54, 1.807) is 6.92 Å². The minimum Gasteiger partial charge on any atom is -0.494 e. The van der Waals surface area contributed by atoms with E-state index in [4.69, 9.17) is 4.74 Å². The smallest absolute Gasteiger partial charge is 0.240 e. The van der Waals surface area contributed by atoms with Gasteiger partial charge in [0, 0.05) is 25.4 Å². The van der Waals surface area contributed by atoms with E-state index in [2.05, 4.69) is 22.8 Å². The summed E-state index contributed by atoms with van der Waals surface area (Å²) in [5.74, 6) is 0.781. The summed E-state index contributed by atoms with van der Waals surface area (Å²) >= 11 is 0. The number of nitrogens with one attached hydrogen (secondary N) is 2. The number of carbonyl (C=O) groups excluding carboxylic acids is 1. The Labute approximate surface area is 136 Å². The second-order valence-electron chi connectivity index (χ2n) is 5.91. The number of rotatable bonds is 8. The van der Waals surface area contributed by atoms with Crippen molar-refractivity contribution in [2.45, 2.75) is 45.3 Å². The number of amides is 1. The van der Waals surface area contributed by atoms with Crippen molar-refractivity contribution in [3.63, 3.8) is 0 Å². The fraction of sp³-hybridized carbons (Fsp3) is 0.529. The molecule has 0 saturated heterocycles. The Balaban J connectivity index is 1.76. The van der Waals surface area contributed by atoms with Crippen molar-refractivity contribution in [1.82, 2.24) is 10.7 Å². The number of hydrazone groups is 1. The Morgan fingerprint density at radius 1 is 1.30 bits per heavy atom. The highest BCUT2D eigenvalue weighted by Gasteiger charge is 2.13. The maximum Gasteiger partial charge on any atom is 0.240 e. The summed E-state index contributed by atoms with van der Waals surface area (Å²) in [4.78, 5) is 11.1. The van der Waals surface area contributed by atoms with Crippen LogP contribution in [-0.2, 0) is 4.79 Å². The van der Waals surface area contributed by atoms with Crippen LogP contribution < -0.4 is 15.5 Å². The maximum absolute atomic E-state index is 11.1. The van der Waals surface area contributed by atoms with Gasteiger partial charge in [0.1, 0.15) is 5.75 Å². The van der Waals surface area contributed by atoms with Gasteiger partial charge in [0.2, 0.25) is 5.91 Å². The van der Waals surface area contributed by atoms with E-state index in [-0.39, 0.29) is 12.0 Å². The van der Waals surface area contributed by atoms with E-state index in [9.17, 15) is 9.90 Å². The third kappa shape index (κ3) is 6.00. The van der Waals surface area contributed by atoms with Crippen molar-refractivity contribution < 1.29 is 14.6 Å². The first kappa shape index (κ1) is 17.4. The summed E-state index contributed by atoms with van der Waals surface area (Å²) in [5, 5.41) is 16.5. The van der Waals surface area contributed by atoms with Crippen molar-refractivity contribution in [3.05, 3.63) is 29.8 Å². The molecular weight excluding hydrogens is 294 g/mol. The lowest BCUT2D eigenvalue weighted by molar-refractivity contribution is -0.121. The number of ether oxygens (including phenoxy) is 1. The number of aliphatic hydroxyl groups excluding tert-OH is 1. The van der Waals surface area contributed by atoms with Crippen LogP contribution in [0.2, 0.25) is 0 Å². The van der Waals surface area contributed by atoms with E-state index in [1.165, 1.54) is 0 Å². The van der Waals surface area contributed by atoms with Crippen molar-refractivity contribution in [3.8, 4) is 5.75 Å². The summed E-state index contributed by atoms with van der Waals surface area (Å²) in [6, 6.07) is 8.05. The molecule has 0 bridgehead atoms. The zero-order valence-corrected chi connectivity index (χ0v) is 13.7. The number of aliphatic hydroxyl groups is 1. The highest BCUT2D eigenvalue weighted by Crippen LogP contribution is 2.16. The highest BCUT2D eigenvalue weighted by atomic mass is 16.5. The molecule has 2 rings (SSSR count). The molecule has 1 aromatic carbocycles. The lowest BCUT2D eigenvalue weighted by Crippen LogP contribution is -2.33. The van der Waals surface area contributed by atoms with Crippen LogP contribution >= 0.6 is 0 Å². The predicted octanol–water partition coefficient (Wildman–Crippen LogP) is 1.43. The molecule has 6 heteroatoms. The Bertz CT molecular complexity index is 541. The summed E-state index contributed by atoms with van der Waals surface area (Å²) in [6.45, 7) is 5.04. The lowest BCUT2D eigenvalue weighted by atomic mass is 10.0. The van der Waals surface area contributed by atoms with Gasteiger partial charge in [-0.25, -0.2) is 5.43 Å². The molecule has 2 atom stereocenters. The van der Waals surface area contributed by atoms with Crippen LogP contribution in [0.1, 0.15) is 38.7 Å². The van der Waals surface area contributed by atoms with Gasteiger partial charge in [-0.1, -0.05) is 0 Å². The van der Waals surface area contributed by atoms with E-state index < -0.39 is 0 Å². The minimum atomic E-state index is -0.335. The van der Waals surface area contributed by atoms with Crippen LogP contribution in [0.3, 0.4) is 0 Å². The molecule has 0 radical (unpaired) electrons. The summed E-state index contributed by atoms with van der Waals surface area (Å²) in [7, 11) is 0. The Morgan fingerprint density at radius 3 is 2.65 bits per heavy atom. The third-order valence-corrected chi connectivity index (χ3v) is 3.67. The van der Waals surface area contributed by atoms with Crippen LogP contribution in [0.25, 0.3) is 0 Å². The molecule has 3 N–H and O–H groups in total. The van der Waals surface area contributed by atoms with E-state index >= 15 is 0 Å². The highest BCUT2D eigenvalue weighted by molar-refractivity contribution is 6.04. The molecule has 1 aliphatic heterocycles. The van der Waals surface area contributed by atoms with E-state index in [1.807, 2.05) is 24.3 Å². The Kier molecular flexibility index (Phi) is 6.55. The third-order valence-electron chi connectivity index (χ3n) is 3.67. The Hall–Kier alpha value is -1.92. The van der Waals surface area contributed by atoms with Crippen LogP contribution in [0.5, 0.6) is 5.75 Å². The van der Waals surface area contributed by atoms with Gasteiger partial charge < -0.3 is 15.2 Å². The van der Waals surface area contributed by atoms with Crippen molar-refractivity contribution in [2.75, 3.05) is 13.2 Å². The molecule has 1 aromatic rings. The largest absolute Gasteiger partial charge is 0.494 e. The zero-order chi connectivity index (χ0) is 16.7.